The molecule has 2 atom stereocenters. The fourth-order valence-corrected chi connectivity index (χ4v) is 3.46. The number of hydrogen-bond donors (Lipinski definition) is 1. The van der Waals surface area contributed by atoms with Crippen LogP contribution in [0.5, 0.6) is 0 Å². The third-order valence-corrected chi connectivity index (χ3v) is 5.47. The minimum Gasteiger partial charge on any atom is -0.475 e. The van der Waals surface area contributed by atoms with E-state index < -0.39 is 0 Å². The molecule has 0 spiro atoms. The molecule has 2 aromatic rings. The molecule has 0 fully saturated rings. The lowest BCUT2D eigenvalue weighted by atomic mass is 10.1. The van der Waals surface area contributed by atoms with Gasteiger partial charge in [-0.3, -0.25) is 0 Å². The minimum absolute atomic E-state index is 0.208. The molecule has 2 heterocycles. The van der Waals surface area contributed by atoms with E-state index in [9.17, 15) is 0 Å². The molecule has 29 heavy (non-hydrogen) atoms. The monoisotopic (exact) mass is 391 g/mol. The fraction of sp³-hybridized carbons (Fsp3) is 0.417. The Labute approximate surface area is 172 Å². The number of ether oxygens (including phenoxy) is 2. The van der Waals surface area contributed by atoms with Crippen molar-refractivity contribution in [2.24, 2.45) is 21.8 Å². The average molecular weight is 392 g/mol. The Morgan fingerprint density at radius 3 is 1.52 bits per heavy atom. The van der Waals surface area contributed by atoms with Gasteiger partial charge in [0.1, 0.15) is 13.2 Å². The second-order valence-corrected chi connectivity index (χ2v) is 8.33. The summed E-state index contributed by atoms with van der Waals surface area (Å²) < 4.78 is 11.8. The van der Waals surface area contributed by atoms with Crippen molar-refractivity contribution in [1.29, 1.82) is 0 Å². The van der Waals surface area contributed by atoms with Crippen molar-refractivity contribution in [2.45, 2.75) is 39.8 Å². The molecular weight excluding hydrogens is 362 g/mol. The Bertz CT molecular complexity index is 858. The zero-order chi connectivity index (χ0) is 20.4. The van der Waals surface area contributed by atoms with Crippen molar-refractivity contribution in [3.8, 4) is 0 Å². The van der Waals surface area contributed by atoms with Gasteiger partial charge in [0.15, 0.2) is 0 Å². The third-order valence-electron chi connectivity index (χ3n) is 5.47. The van der Waals surface area contributed by atoms with Crippen LogP contribution in [0.3, 0.4) is 0 Å². The highest BCUT2D eigenvalue weighted by atomic mass is 16.5. The third kappa shape index (κ3) is 4.14. The molecule has 5 heteroatoms. The molecule has 0 bridgehead atoms. The summed E-state index contributed by atoms with van der Waals surface area (Å²) >= 11 is 0. The number of anilines is 2. The molecule has 2 aliphatic heterocycles. The Morgan fingerprint density at radius 2 is 1.14 bits per heavy atom. The predicted octanol–water partition coefficient (Wildman–Crippen LogP) is 5.03. The van der Waals surface area contributed by atoms with Crippen molar-refractivity contribution < 1.29 is 9.47 Å². The van der Waals surface area contributed by atoms with Crippen LogP contribution in [0, 0.1) is 11.8 Å². The molecule has 152 valence electrons. The summed E-state index contributed by atoms with van der Waals surface area (Å²) in [6, 6.07) is 16.7. The molecule has 1 N–H and O–H groups in total. The van der Waals surface area contributed by atoms with E-state index in [1.165, 1.54) is 0 Å². The second-order valence-electron chi connectivity index (χ2n) is 8.33. The number of nitrogens with zero attached hydrogens (tertiary/aromatic N) is 2. The van der Waals surface area contributed by atoms with Crippen LogP contribution in [-0.4, -0.2) is 37.1 Å². The van der Waals surface area contributed by atoms with Crippen LogP contribution in [0.25, 0.3) is 0 Å². The maximum atomic E-state index is 5.92. The summed E-state index contributed by atoms with van der Waals surface area (Å²) in [5.41, 5.74) is 3.86. The summed E-state index contributed by atoms with van der Waals surface area (Å²) in [5, 5.41) is 3.56. The van der Waals surface area contributed by atoms with Crippen LogP contribution >= 0.6 is 0 Å². The van der Waals surface area contributed by atoms with Gasteiger partial charge in [-0.15, -0.1) is 0 Å². The molecule has 0 radical (unpaired) electrons. The highest BCUT2D eigenvalue weighted by Crippen LogP contribution is 2.29. The van der Waals surface area contributed by atoms with Crippen LogP contribution < -0.4 is 5.32 Å². The van der Waals surface area contributed by atoms with Gasteiger partial charge in [-0.2, -0.15) is 0 Å². The van der Waals surface area contributed by atoms with E-state index in [1.807, 2.05) is 36.4 Å². The van der Waals surface area contributed by atoms with Gasteiger partial charge in [0, 0.05) is 0 Å². The summed E-state index contributed by atoms with van der Waals surface area (Å²) in [6.07, 6.45) is 0. The lowest BCUT2D eigenvalue weighted by Crippen LogP contribution is -2.13. The van der Waals surface area contributed by atoms with Crippen molar-refractivity contribution in [3.05, 3.63) is 59.7 Å². The van der Waals surface area contributed by atoms with Gasteiger partial charge in [-0.25, -0.2) is 9.98 Å². The van der Waals surface area contributed by atoms with Crippen LogP contribution in [-0.2, 0) is 9.47 Å². The molecule has 0 aromatic heterocycles. The molecule has 0 aliphatic carbocycles. The van der Waals surface area contributed by atoms with E-state index in [2.05, 4.69) is 45.1 Å². The smallest absolute Gasteiger partial charge is 0.218 e. The second kappa shape index (κ2) is 8.27. The number of benzene rings is 2. The lowest BCUT2D eigenvalue weighted by molar-refractivity contribution is 0.292. The number of para-hydroxylation sites is 2. The number of aliphatic imine (C=N–C) groups is 2. The van der Waals surface area contributed by atoms with Gasteiger partial charge in [0.2, 0.25) is 11.8 Å². The normalized spacial score (nSPS) is 21.0. The number of rotatable bonds is 6. The molecule has 0 unspecified atom stereocenters. The fourth-order valence-electron chi connectivity index (χ4n) is 3.46. The van der Waals surface area contributed by atoms with E-state index in [1.54, 1.807) is 0 Å². The largest absolute Gasteiger partial charge is 0.475 e. The minimum atomic E-state index is 0.208. The average Bonchev–Trinajstić information content (AvgIpc) is 3.39. The van der Waals surface area contributed by atoms with Crippen LogP contribution in [0.4, 0.5) is 11.4 Å². The highest BCUT2D eigenvalue weighted by molar-refractivity contribution is 6.04. The Balaban J connectivity index is 1.64. The molecule has 4 rings (SSSR count). The van der Waals surface area contributed by atoms with Crippen LogP contribution in [0.1, 0.15) is 38.8 Å². The Morgan fingerprint density at radius 1 is 0.724 bits per heavy atom. The van der Waals surface area contributed by atoms with E-state index in [0.717, 1.165) is 22.5 Å². The molecule has 5 nitrogen and oxygen atoms in total. The predicted molar refractivity (Wildman–Crippen MR) is 118 cm³/mol. The van der Waals surface area contributed by atoms with Gasteiger partial charge in [-0.05, 0) is 36.1 Å². The molecule has 0 saturated carbocycles. The lowest BCUT2D eigenvalue weighted by Gasteiger charge is -2.15. The zero-order valence-corrected chi connectivity index (χ0v) is 17.6. The van der Waals surface area contributed by atoms with Crippen LogP contribution in [0.15, 0.2) is 58.5 Å². The Kier molecular flexibility index (Phi) is 5.56. The Hall–Kier alpha value is -2.82. The maximum absolute atomic E-state index is 5.92. The maximum Gasteiger partial charge on any atom is 0.218 e. The van der Waals surface area contributed by atoms with Crippen molar-refractivity contribution in [3.63, 3.8) is 0 Å². The van der Waals surface area contributed by atoms with Crippen molar-refractivity contribution in [2.75, 3.05) is 18.5 Å². The van der Waals surface area contributed by atoms with E-state index >= 15 is 0 Å². The SMILES string of the molecule is CC(C)[C@H]1COC(c2ccccc2Nc2ccccc2C2=N[C@@H](C(C)C)CO2)=N1. The van der Waals surface area contributed by atoms with Gasteiger partial charge < -0.3 is 14.8 Å². The highest BCUT2D eigenvalue weighted by Gasteiger charge is 2.26. The number of hydrogen-bond acceptors (Lipinski definition) is 5. The van der Waals surface area contributed by atoms with Gasteiger partial charge in [0.05, 0.1) is 34.6 Å². The first-order chi connectivity index (χ1) is 14.0. The summed E-state index contributed by atoms with van der Waals surface area (Å²) in [6.45, 7) is 9.97. The molecule has 0 saturated heterocycles. The molecule has 2 aliphatic rings. The first kappa shape index (κ1) is 19.5. The van der Waals surface area contributed by atoms with E-state index in [-0.39, 0.29) is 12.1 Å². The quantitative estimate of drug-likeness (QED) is 0.751. The van der Waals surface area contributed by atoms with Crippen molar-refractivity contribution >= 4 is 23.2 Å². The van der Waals surface area contributed by atoms with E-state index in [0.29, 0.717) is 36.8 Å². The van der Waals surface area contributed by atoms with Gasteiger partial charge in [0.25, 0.3) is 0 Å². The summed E-state index contributed by atoms with van der Waals surface area (Å²) in [7, 11) is 0. The summed E-state index contributed by atoms with van der Waals surface area (Å²) in [5.74, 6) is 2.33. The van der Waals surface area contributed by atoms with Crippen molar-refractivity contribution in [1.82, 2.24) is 0 Å². The molecular formula is C24H29N3O2. The molecule has 2 aromatic carbocycles. The van der Waals surface area contributed by atoms with Gasteiger partial charge in [-0.1, -0.05) is 52.0 Å². The summed E-state index contributed by atoms with van der Waals surface area (Å²) in [4.78, 5) is 9.59. The first-order valence-electron chi connectivity index (χ1n) is 10.4. The molecule has 0 amide bonds. The standard InChI is InChI=1S/C24H29N3O2/c1-15(2)21-13-28-23(26-21)17-9-5-7-11-19(17)25-20-12-8-6-10-18(20)24-27-22(14-29-24)16(3)4/h5-12,15-16,21-22,25H,13-14H2,1-4H3/t21-,22-/m1/s1. The number of nitrogens with one attached hydrogen (secondary N) is 1. The van der Waals surface area contributed by atoms with Crippen LogP contribution in [0.2, 0.25) is 0 Å². The topological polar surface area (TPSA) is 55.2 Å². The zero-order valence-electron chi connectivity index (χ0n) is 17.6. The van der Waals surface area contributed by atoms with Gasteiger partial charge >= 0.3 is 0 Å². The first-order valence-corrected chi connectivity index (χ1v) is 10.4. The van der Waals surface area contributed by atoms with E-state index in [4.69, 9.17) is 19.5 Å².